The fraction of sp³-hybridized carbons (Fsp3) is 0.875. The van der Waals surface area contributed by atoms with E-state index in [9.17, 15) is 0 Å². The zero-order valence-corrected chi connectivity index (χ0v) is 8.49. The summed E-state index contributed by atoms with van der Waals surface area (Å²) in [5.74, 6) is 0. The molecule has 0 aromatic heterocycles. The average molecular weight is 175 g/mol. The van der Waals surface area contributed by atoms with Crippen molar-refractivity contribution in [2.24, 2.45) is 5.73 Å². The van der Waals surface area contributed by atoms with Gasteiger partial charge in [-0.1, -0.05) is 19.1 Å². The molecule has 0 fully saturated rings. The molecule has 1 atom stereocenters. The third-order valence-electron chi connectivity index (χ3n) is 1.75. The normalized spacial score (nSPS) is 14.5. The molecule has 2 N–H and O–H groups in total. The molecule has 0 aliphatic heterocycles. The fourth-order valence-electron chi connectivity index (χ4n) is 0.620. The van der Waals surface area contributed by atoms with Crippen LogP contribution in [-0.4, -0.2) is 16.7 Å². The van der Waals surface area contributed by atoms with E-state index in [0.717, 1.165) is 6.42 Å². The van der Waals surface area contributed by atoms with Crippen molar-refractivity contribution in [1.82, 2.24) is 0 Å². The van der Waals surface area contributed by atoms with E-state index in [2.05, 4.69) is 6.92 Å². The van der Waals surface area contributed by atoms with Crippen LogP contribution in [0.2, 0.25) is 0 Å². The molecule has 3 heteroatoms. The molecule has 0 aromatic rings. The van der Waals surface area contributed by atoms with Crippen molar-refractivity contribution >= 4 is 17.2 Å². The first-order chi connectivity index (χ1) is 4.89. The smallest absolute Gasteiger partial charge is 0.105 e. The van der Waals surface area contributed by atoms with E-state index in [1.54, 1.807) is 0 Å². The molecule has 11 heavy (non-hydrogen) atoms. The van der Waals surface area contributed by atoms with Gasteiger partial charge in [-0.2, -0.15) is 0 Å². The molecular formula is C8H17NOS. The summed E-state index contributed by atoms with van der Waals surface area (Å²) in [5.41, 5.74) is 5.28. The third-order valence-corrected chi connectivity index (χ3v) is 2.08. The van der Waals surface area contributed by atoms with Gasteiger partial charge < -0.3 is 10.5 Å². The van der Waals surface area contributed by atoms with E-state index < -0.39 is 0 Å². The molecule has 0 bridgehead atoms. The lowest BCUT2D eigenvalue weighted by molar-refractivity contribution is -0.0370. The Morgan fingerprint density at radius 1 is 1.64 bits per heavy atom. The van der Waals surface area contributed by atoms with Crippen LogP contribution in [0.3, 0.4) is 0 Å². The molecule has 0 aliphatic carbocycles. The van der Waals surface area contributed by atoms with Crippen LogP contribution in [0.4, 0.5) is 0 Å². The minimum atomic E-state index is -0.125. The van der Waals surface area contributed by atoms with Gasteiger partial charge in [0, 0.05) is 0 Å². The summed E-state index contributed by atoms with van der Waals surface area (Å²) >= 11 is 4.79. The number of ether oxygens (including phenoxy) is 1. The number of rotatable bonds is 4. The van der Waals surface area contributed by atoms with Crippen LogP contribution in [0.1, 0.15) is 34.1 Å². The minimum Gasteiger partial charge on any atom is -0.391 e. The van der Waals surface area contributed by atoms with Crippen molar-refractivity contribution in [2.45, 2.75) is 45.8 Å². The number of nitrogens with two attached hydrogens (primary N) is 1. The van der Waals surface area contributed by atoms with Gasteiger partial charge in [-0.15, -0.1) is 0 Å². The summed E-state index contributed by atoms with van der Waals surface area (Å²) in [6.07, 6.45) is 0.833. The summed E-state index contributed by atoms with van der Waals surface area (Å²) in [4.78, 5) is 0.423. The van der Waals surface area contributed by atoms with Gasteiger partial charge in [0.1, 0.15) is 11.1 Å². The van der Waals surface area contributed by atoms with E-state index in [1.807, 2.05) is 20.8 Å². The Bertz CT molecular complexity index is 145. The summed E-state index contributed by atoms with van der Waals surface area (Å²) in [5, 5.41) is 0. The maximum Gasteiger partial charge on any atom is 0.105 e. The van der Waals surface area contributed by atoms with E-state index in [-0.39, 0.29) is 11.7 Å². The molecular weight excluding hydrogens is 158 g/mol. The minimum absolute atomic E-state index is 0.122. The standard InChI is InChI=1S/C8H17NOS/c1-5-8(3,4)10-6(2)7(9)11/h6H,5H2,1-4H3,(H2,9,11). The highest BCUT2D eigenvalue weighted by Gasteiger charge is 2.19. The Morgan fingerprint density at radius 3 is 2.36 bits per heavy atom. The van der Waals surface area contributed by atoms with Crippen LogP contribution in [0.5, 0.6) is 0 Å². The first-order valence-corrected chi connectivity index (χ1v) is 4.27. The van der Waals surface area contributed by atoms with Gasteiger partial charge in [-0.3, -0.25) is 0 Å². The van der Waals surface area contributed by atoms with Gasteiger partial charge in [0.2, 0.25) is 0 Å². The van der Waals surface area contributed by atoms with E-state index >= 15 is 0 Å². The second-order valence-electron chi connectivity index (χ2n) is 3.28. The van der Waals surface area contributed by atoms with Crippen molar-refractivity contribution in [2.75, 3.05) is 0 Å². The fourth-order valence-corrected chi connectivity index (χ4v) is 0.668. The molecule has 0 spiro atoms. The number of thiocarbonyl (C=S) groups is 1. The second kappa shape index (κ2) is 4.02. The van der Waals surface area contributed by atoms with Crippen molar-refractivity contribution in [3.8, 4) is 0 Å². The van der Waals surface area contributed by atoms with Crippen LogP contribution in [0.15, 0.2) is 0 Å². The molecule has 0 aromatic carbocycles. The van der Waals surface area contributed by atoms with Gasteiger partial charge in [-0.25, -0.2) is 0 Å². The Labute approximate surface area is 74.1 Å². The second-order valence-corrected chi connectivity index (χ2v) is 3.75. The summed E-state index contributed by atoms with van der Waals surface area (Å²) in [6, 6.07) is 0. The van der Waals surface area contributed by atoms with Crippen LogP contribution in [0, 0.1) is 0 Å². The topological polar surface area (TPSA) is 35.2 Å². The lowest BCUT2D eigenvalue weighted by atomic mass is 10.1. The molecule has 66 valence electrons. The Morgan fingerprint density at radius 2 is 2.09 bits per heavy atom. The zero-order chi connectivity index (χ0) is 9.07. The predicted molar refractivity (Wildman–Crippen MR) is 51.7 cm³/mol. The maximum absolute atomic E-state index is 5.58. The third kappa shape index (κ3) is 4.32. The zero-order valence-electron chi connectivity index (χ0n) is 7.68. The lowest BCUT2D eigenvalue weighted by Gasteiger charge is -2.27. The lowest BCUT2D eigenvalue weighted by Crippen LogP contribution is -2.35. The molecule has 0 amide bonds. The number of hydrogen-bond acceptors (Lipinski definition) is 2. The summed E-state index contributed by atoms with van der Waals surface area (Å²) < 4.78 is 5.58. The quantitative estimate of drug-likeness (QED) is 0.662. The maximum atomic E-state index is 5.58. The molecule has 0 saturated carbocycles. The molecule has 0 heterocycles. The van der Waals surface area contributed by atoms with E-state index in [4.69, 9.17) is 22.7 Å². The molecule has 0 saturated heterocycles. The molecule has 0 radical (unpaired) electrons. The van der Waals surface area contributed by atoms with Crippen LogP contribution < -0.4 is 5.73 Å². The summed E-state index contributed by atoms with van der Waals surface area (Å²) in [6.45, 7) is 8.01. The van der Waals surface area contributed by atoms with Gasteiger partial charge in [0.25, 0.3) is 0 Å². The first kappa shape index (κ1) is 10.8. The molecule has 0 rings (SSSR count). The number of hydrogen-bond donors (Lipinski definition) is 1. The predicted octanol–water partition coefficient (Wildman–Crippen LogP) is 1.87. The van der Waals surface area contributed by atoms with E-state index in [1.165, 1.54) is 0 Å². The van der Waals surface area contributed by atoms with Crippen LogP contribution in [-0.2, 0) is 4.74 Å². The Hall–Kier alpha value is -0.150. The van der Waals surface area contributed by atoms with Crippen molar-refractivity contribution in [1.29, 1.82) is 0 Å². The van der Waals surface area contributed by atoms with Crippen molar-refractivity contribution < 1.29 is 4.74 Å². The van der Waals surface area contributed by atoms with Gasteiger partial charge in [-0.05, 0) is 27.2 Å². The Kier molecular flexibility index (Phi) is 3.97. The summed E-state index contributed by atoms with van der Waals surface area (Å²) in [7, 11) is 0. The van der Waals surface area contributed by atoms with Crippen LogP contribution >= 0.6 is 12.2 Å². The van der Waals surface area contributed by atoms with Crippen molar-refractivity contribution in [3.05, 3.63) is 0 Å². The molecule has 2 nitrogen and oxygen atoms in total. The SMILES string of the molecule is CCC(C)(C)OC(C)C(N)=S. The molecule has 1 unspecified atom stereocenters. The first-order valence-electron chi connectivity index (χ1n) is 3.86. The van der Waals surface area contributed by atoms with Gasteiger partial charge in [0.15, 0.2) is 0 Å². The van der Waals surface area contributed by atoms with Crippen LogP contribution in [0.25, 0.3) is 0 Å². The highest BCUT2D eigenvalue weighted by molar-refractivity contribution is 7.80. The highest BCUT2D eigenvalue weighted by Crippen LogP contribution is 2.15. The van der Waals surface area contributed by atoms with Gasteiger partial charge >= 0.3 is 0 Å². The van der Waals surface area contributed by atoms with Crippen molar-refractivity contribution in [3.63, 3.8) is 0 Å². The van der Waals surface area contributed by atoms with E-state index in [0.29, 0.717) is 4.99 Å². The molecule has 0 aliphatic rings. The average Bonchev–Trinajstić information content (AvgIpc) is 1.87. The van der Waals surface area contributed by atoms with Gasteiger partial charge in [0.05, 0.1) is 5.60 Å². The largest absolute Gasteiger partial charge is 0.391 e. The highest BCUT2D eigenvalue weighted by atomic mass is 32.1. The Balaban J connectivity index is 3.93. The monoisotopic (exact) mass is 175 g/mol.